The number of rotatable bonds is 2. The number of hydrogen-bond donors (Lipinski definition) is 1. The predicted molar refractivity (Wildman–Crippen MR) is 93.7 cm³/mol. The highest BCUT2D eigenvalue weighted by molar-refractivity contribution is 7.99. The fourth-order valence-electron chi connectivity index (χ4n) is 2.41. The summed E-state index contributed by atoms with van der Waals surface area (Å²) < 4.78 is 26.2. The number of halogens is 4. The van der Waals surface area contributed by atoms with Crippen LogP contribution in [0, 0.1) is 11.6 Å². The van der Waals surface area contributed by atoms with Crippen LogP contribution in [0.5, 0.6) is 0 Å². The standard InChI is InChI=1S/C16H12Cl2F2N2OS/c17-9-1-3-11(12(18)7-9)15-22(5-6-24-15)16(23)21-10-2-4-13(19)14(20)8-10/h1-4,7-8,15H,5-6H2,(H,21,23)/t15-/m1/s1. The third kappa shape index (κ3) is 3.61. The zero-order valence-electron chi connectivity index (χ0n) is 12.2. The third-order valence-corrected chi connectivity index (χ3v) is 5.36. The van der Waals surface area contributed by atoms with Gasteiger partial charge in [-0.2, -0.15) is 0 Å². The van der Waals surface area contributed by atoms with Gasteiger partial charge in [0.05, 0.1) is 0 Å². The molecule has 2 amide bonds. The van der Waals surface area contributed by atoms with Crippen molar-refractivity contribution in [2.45, 2.75) is 5.37 Å². The van der Waals surface area contributed by atoms with E-state index in [0.29, 0.717) is 16.6 Å². The monoisotopic (exact) mass is 388 g/mol. The van der Waals surface area contributed by atoms with Crippen LogP contribution in [0.3, 0.4) is 0 Å². The molecule has 1 aliphatic rings. The number of nitrogens with zero attached hydrogens (tertiary/aromatic N) is 1. The van der Waals surface area contributed by atoms with Gasteiger partial charge in [0.15, 0.2) is 11.6 Å². The molecule has 8 heteroatoms. The number of nitrogens with one attached hydrogen (secondary N) is 1. The molecule has 1 atom stereocenters. The highest BCUT2D eigenvalue weighted by Crippen LogP contribution is 2.41. The lowest BCUT2D eigenvalue weighted by molar-refractivity contribution is 0.214. The van der Waals surface area contributed by atoms with Gasteiger partial charge in [0, 0.05) is 39.7 Å². The van der Waals surface area contributed by atoms with Crippen molar-refractivity contribution in [3.63, 3.8) is 0 Å². The summed E-state index contributed by atoms with van der Waals surface area (Å²) in [4.78, 5) is 14.1. The average Bonchev–Trinajstić information content (AvgIpc) is 3.00. The molecule has 1 fully saturated rings. The van der Waals surface area contributed by atoms with Crippen molar-refractivity contribution in [2.75, 3.05) is 17.6 Å². The maximum atomic E-state index is 13.3. The Labute approximate surface area is 151 Å². The molecule has 0 saturated carbocycles. The van der Waals surface area contributed by atoms with E-state index in [0.717, 1.165) is 23.4 Å². The van der Waals surface area contributed by atoms with Gasteiger partial charge in [0.2, 0.25) is 0 Å². The van der Waals surface area contributed by atoms with Crippen LogP contribution < -0.4 is 5.32 Å². The van der Waals surface area contributed by atoms with Crippen LogP contribution in [0.4, 0.5) is 19.3 Å². The van der Waals surface area contributed by atoms with Crippen molar-refractivity contribution in [3.8, 4) is 0 Å². The van der Waals surface area contributed by atoms with Crippen LogP contribution in [0.2, 0.25) is 10.0 Å². The fraction of sp³-hybridized carbons (Fsp3) is 0.188. The van der Waals surface area contributed by atoms with E-state index in [9.17, 15) is 13.6 Å². The lowest BCUT2D eigenvalue weighted by Crippen LogP contribution is -2.34. The molecular formula is C16H12Cl2F2N2OS. The van der Waals surface area contributed by atoms with Gasteiger partial charge in [-0.25, -0.2) is 13.6 Å². The molecule has 1 saturated heterocycles. The summed E-state index contributed by atoms with van der Waals surface area (Å²) in [6, 6.07) is 7.95. The summed E-state index contributed by atoms with van der Waals surface area (Å²) in [6.45, 7) is 0.518. The highest BCUT2D eigenvalue weighted by Gasteiger charge is 2.32. The van der Waals surface area contributed by atoms with Gasteiger partial charge in [-0.15, -0.1) is 11.8 Å². The number of thioether (sulfide) groups is 1. The molecule has 3 nitrogen and oxygen atoms in total. The van der Waals surface area contributed by atoms with Crippen LogP contribution in [-0.4, -0.2) is 23.2 Å². The summed E-state index contributed by atoms with van der Waals surface area (Å²) in [5, 5.41) is 3.31. The van der Waals surface area contributed by atoms with Crippen molar-refractivity contribution in [1.29, 1.82) is 0 Å². The van der Waals surface area contributed by atoms with Crippen molar-refractivity contribution in [2.24, 2.45) is 0 Å². The predicted octanol–water partition coefficient (Wildman–Crippen LogP) is 5.55. The minimum absolute atomic E-state index is 0.191. The van der Waals surface area contributed by atoms with Crippen LogP contribution in [0.1, 0.15) is 10.9 Å². The number of amides is 2. The highest BCUT2D eigenvalue weighted by atomic mass is 35.5. The Morgan fingerprint density at radius 1 is 1.17 bits per heavy atom. The molecule has 2 aromatic carbocycles. The SMILES string of the molecule is O=C(Nc1ccc(F)c(F)c1)N1CCS[C@@H]1c1ccc(Cl)cc1Cl. The molecule has 0 aromatic heterocycles. The Balaban J connectivity index is 1.79. The maximum absolute atomic E-state index is 13.3. The normalized spacial score (nSPS) is 17.2. The molecule has 0 aliphatic carbocycles. The van der Waals surface area contributed by atoms with Crippen molar-refractivity contribution in [3.05, 3.63) is 63.6 Å². The number of carbonyl (C=O) groups is 1. The first-order valence-electron chi connectivity index (χ1n) is 7.05. The Hall–Kier alpha value is -1.50. The van der Waals surface area contributed by atoms with Gasteiger partial charge in [0.1, 0.15) is 5.37 Å². The number of hydrogen-bond acceptors (Lipinski definition) is 2. The number of urea groups is 1. The van der Waals surface area contributed by atoms with E-state index < -0.39 is 17.7 Å². The molecule has 3 rings (SSSR count). The molecule has 126 valence electrons. The molecular weight excluding hydrogens is 377 g/mol. The summed E-state index contributed by atoms with van der Waals surface area (Å²) >= 11 is 13.7. The number of carbonyl (C=O) groups excluding carboxylic acids is 1. The van der Waals surface area contributed by atoms with Crippen LogP contribution in [0.15, 0.2) is 36.4 Å². The molecule has 1 N–H and O–H groups in total. The van der Waals surface area contributed by atoms with Gasteiger partial charge in [-0.05, 0) is 24.3 Å². The van der Waals surface area contributed by atoms with Crippen molar-refractivity contribution < 1.29 is 13.6 Å². The summed E-state index contributed by atoms with van der Waals surface area (Å²) in [5.74, 6) is -1.23. The molecule has 0 unspecified atom stereocenters. The van der Waals surface area contributed by atoms with E-state index in [4.69, 9.17) is 23.2 Å². The van der Waals surface area contributed by atoms with Crippen molar-refractivity contribution >= 4 is 46.7 Å². The summed E-state index contributed by atoms with van der Waals surface area (Å²) in [6.07, 6.45) is 0. The van der Waals surface area contributed by atoms with Gasteiger partial charge in [0.25, 0.3) is 0 Å². The maximum Gasteiger partial charge on any atom is 0.323 e. The molecule has 1 heterocycles. The summed E-state index contributed by atoms with van der Waals surface area (Å²) in [5.41, 5.74) is 0.973. The minimum Gasteiger partial charge on any atom is -0.308 e. The Morgan fingerprint density at radius 2 is 1.96 bits per heavy atom. The first-order valence-corrected chi connectivity index (χ1v) is 8.85. The van der Waals surface area contributed by atoms with E-state index in [1.165, 1.54) is 6.07 Å². The topological polar surface area (TPSA) is 32.3 Å². The largest absolute Gasteiger partial charge is 0.323 e. The number of benzene rings is 2. The lowest BCUT2D eigenvalue weighted by atomic mass is 10.2. The smallest absolute Gasteiger partial charge is 0.308 e. The van der Waals surface area contributed by atoms with Gasteiger partial charge < -0.3 is 10.2 Å². The van der Waals surface area contributed by atoms with Gasteiger partial charge >= 0.3 is 6.03 Å². The van der Waals surface area contributed by atoms with Crippen LogP contribution in [0.25, 0.3) is 0 Å². The average molecular weight is 389 g/mol. The molecule has 0 radical (unpaired) electrons. The Morgan fingerprint density at radius 3 is 2.67 bits per heavy atom. The van der Waals surface area contributed by atoms with E-state index in [-0.39, 0.29) is 11.1 Å². The second-order valence-corrected chi connectivity index (χ2v) is 7.17. The molecule has 24 heavy (non-hydrogen) atoms. The Bertz CT molecular complexity index is 791. The van der Waals surface area contributed by atoms with Crippen molar-refractivity contribution in [1.82, 2.24) is 4.90 Å². The molecule has 1 aliphatic heterocycles. The lowest BCUT2D eigenvalue weighted by Gasteiger charge is -2.25. The third-order valence-electron chi connectivity index (χ3n) is 3.55. The van der Waals surface area contributed by atoms with Gasteiger partial charge in [-0.1, -0.05) is 29.3 Å². The zero-order valence-corrected chi connectivity index (χ0v) is 14.6. The van der Waals surface area contributed by atoms with Gasteiger partial charge in [-0.3, -0.25) is 0 Å². The van der Waals surface area contributed by atoms with Crippen LogP contribution in [-0.2, 0) is 0 Å². The first kappa shape index (κ1) is 17.3. The zero-order chi connectivity index (χ0) is 17.3. The molecule has 0 spiro atoms. The van der Waals surface area contributed by atoms with E-state index in [1.807, 2.05) is 0 Å². The first-order chi connectivity index (χ1) is 11.5. The minimum atomic E-state index is -1.01. The molecule has 2 aromatic rings. The number of anilines is 1. The summed E-state index contributed by atoms with van der Waals surface area (Å²) in [7, 11) is 0. The molecule has 0 bridgehead atoms. The fourth-order valence-corrected chi connectivity index (χ4v) is 4.27. The van der Waals surface area contributed by atoms with E-state index >= 15 is 0 Å². The van der Waals surface area contributed by atoms with E-state index in [2.05, 4.69) is 5.32 Å². The quantitative estimate of drug-likeness (QED) is 0.730. The Kier molecular flexibility index (Phi) is 5.18. The second kappa shape index (κ2) is 7.17. The van der Waals surface area contributed by atoms with E-state index in [1.54, 1.807) is 34.9 Å². The second-order valence-electron chi connectivity index (χ2n) is 5.14. The van der Waals surface area contributed by atoms with Crippen LogP contribution >= 0.6 is 35.0 Å².